The van der Waals surface area contributed by atoms with Gasteiger partial charge in [-0.15, -0.1) is 0 Å². The van der Waals surface area contributed by atoms with Crippen molar-refractivity contribution in [3.8, 4) is 6.07 Å². The number of nitrogens with two attached hydrogens (primary N) is 1. The lowest BCUT2D eigenvalue weighted by atomic mass is 9.65. The van der Waals surface area contributed by atoms with Gasteiger partial charge in [-0.2, -0.15) is 10.2 Å². The molecule has 2 aliphatic carbocycles. The molecule has 2 heterocycles. The zero-order valence-electron chi connectivity index (χ0n) is 16.0. The maximum atomic E-state index is 9.41. The zero-order valence-corrected chi connectivity index (χ0v) is 16.0. The highest BCUT2D eigenvalue weighted by Crippen LogP contribution is 2.41. The highest BCUT2D eigenvalue weighted by atomic mass is 15.1. The fourth-order valence-corrected chi connectivity index (χ4v) is 4.69. The van der Waals surface area contributed by atoms with Crippen LogP contribution in [0.3, 0.4) is 0 Å². The molecule has 7 nitrogen and oxygen atoms in total. The van der Waals surface area contributed by atoms with Gasteiger partial charge in [-0.25, -0.2) is 4.98 Å². The van der Waals surface area contributed by atoms with Gasteiger partial charge in [0.05, 0.1) is 6.20 Å². The van der Waals surface area contributed by atoms with E-state index in [0.29, 0.717) is 47.7 Å². The lowest BCUT2D eigenvalue weighted by molar-refractivity contribution is 0.112. The van der Waals surface area contributed by atoms with Crippen LogP contribution in [0.1, 0.15) is 43.2 Å². The third kappa shape index (κ3) is 4.23. The molecule has 7 heteroatoms. The molecule has 2 bridgehead atoms. The van der Waals surface area contributed by atoms with E-state index in [1.54, 1.807) is 18.6 Å². The summed E-state index contributed by atoms with van der Waals surface area (Å²) in [5, 5.41) is 16.0. The fourth-order valence-electron chi connectivity index (χ4n) is 4.69. The molecule has 0 radical (unpaired) electrons. The van der Waals surface area contributed by atoms with Gasteiger partial charge in [0.2, 0.25) is 5.95 Å². The Morgan fingerprint density at radius 2 is 2.00 bits per heavy atom. The number of pyridine rings is 1. The standard InChI is InChI=1S/C21H27N7/c22-9-18-13-27-21(26-11-14-3-2-6-24-10-14)28-20(18)25-12-15-7-16-4-1-5-17(8-15)19(16)23/h2-3,6,10,13,15-17,19H,1,4-5,7-8,11-12,23H2,(H2,25,26,27,28)/t15?,16-,17?,19?/m1/s1. The molecular weight excluding hydrogens is 350 g/mol. The summed E-state index contributed by atoms with van der Waals surface area (Å²) in [4.78, 5) is 12.9. The van der Waals surface area contributed by atoms with E-state index in [-0.39, 0.29) is 0 Å². The van der Waals surface area contributed by atoms with Crippen LogP contribution in [0.2, 0.25) is 0 Å². The van der Waals surface area contributed by atoms with Crippen LogP contribution in [-0.4, -0.2) is 27.5 Å². The van der Waals surface area contributed by atoms with Gasteiger partial charge >= 0.3 is 0 Å². The monoisotopic (exact) mass is 377 g/mol. The number of nitrogens with zero attached hydrogens (tertiary/aromatic N) is 4. The summed E-state index contributed by atoms with van der Waals surface area (Å²) < 4.78 is 0. The molecule has 0 aromatic carbocycles. The van der Waals surface area contributed by atoms with Crippen LogP contribution in [0.4, 0.5) is 11.8 Å². The summed E-state index contributed by atoms with van der Waals surface area (Å²) in [5.74, 6) is 3.00. The van der Waals surface area contributed by atoms with Crippen molar-refractivity contribution in [2.24, 2.45) is 23.5 Å². The van der Waals surface area contributed by atoms with Crippen LogP contribution in [0.5, 0.6) is 0 Å². The minimum absolute atomic E-state index is 0.377. The van der Waals surface area contributed by atoms with Crippen molar-refractivity contribution in [3.63, 3.8) is 0 Å². The molecule has 4 rings (SSSR count). The van der Waals surface area contributed by atoms with E-state index in [2.05, 4.69) is 31.7 Å². The summed E-state index contributed by atoms with van der Waals surface area (Å²) in [6.07, 6.45) is 11.3. The molecule has 2 aromatic heterocycles. The molecular formula is C21H27N7. The van der Waals surface area contributed by atoms with Crippen molar-refractivity contribution in [1.82, 2.24) is 15.0 Å². The number of rotatable bonds is 6. The Balaban J connectivity index is 1.38. The van der Waals surface area contributed by atoms with E-state index in [9.17, 15) is 5.26 Å². The molecule has 4 atom stereocenters. The quantitative estimate of drug-likeness (QED) is 0.709. The lowest BCUT2D eigenvalue weighted by Crippen LogP contribution is -2.47. The Bertz CT molecular complexity index is 818. The molecule has 2 aromatic rings. The molecule has 2 aliphatic rings. The van der Waals surface area contributed by atoms with Crippen LogP contribution in [0.25, 0.3) is 0 Å². The first-order valence-electron chi connectivity index (χ1n) is 10.1. The minimum Gasteiger partial charge on any atom is -0.369 e. The lowest BCUT2D eigenvalue weighted by Gasteiger charge is -2.44. The van der Waals surface area contributed by atoms with Crippen molar-refractivity contribution in [2.75, 3.05) is 17.2 Å². The first-order valence-corrected chi connectivity index (χ1v) is 10.1. The van der Waals surface area contributed by atoms with Gasteiger partial charge in [0, 0.05) is 31.5 Å². The molecule has 146 valence electrons. The van der Waals surface area contributed by atoms with E-state index < -0.39 is 0 Å². The highest BCUT2D eigenvalue weighted by Gasteiger charge is 2.37. The van der Waals surface area contributed by atoms with Crippen molar-refractivity contribution < 1.29 is 0 Å². The molecule has 4 N–H and O–H groups in total. The average Bonchev–Trinajstić information content (AvgIpc) is 2.72. The zero-order chi connectivity index (χ0) is 19.3. The largest absolute Gasteiger partial charge is 0.369 e. The second kappa shape index (κ2) is 8.53. The van der Waals surface area contributed by atoms with E-state index in [1.807, 2.05) is 12.1 Å². The van der Waals surface area contributed by atoms with Gasteiger partial charge in [-0.05, 0) is 55.1 Å². The van der Waals surface area contributed by atoms with Crippen molar-refractivity contribution >= 4 is 11.8 Å². The van der Waals surface area contributed by atoms with Gasteiger partial charge in [-0.3, -0.25) is 4.98 Å². The van der Waals surface area contributed by atoms with E-state index in [4.69, 9.17) is 5.73 Å². The molecule has 0 aliphatic heterocycles. The molecule has 0 saturated heterocycles. The third-order valence-corrected chi connectivity index (χ3v) is 6.15. The summed E-state index contributed by atoms with van der Waals surface area (Å²) in [7, 11) is 0. The number of nitriles is 1. The van der Waals surface area contributed by atoms with Crippen LogP contribution >= 0.6 is 0 Å². The van der Waals surface area contributed by atoms with Gasteiger partial charge < -0.3 is 16.4 Å². The number of nitrogens with one attached hydrogen (secondary N) is 2. The van der Waals surface area contributed by atoms with E-state index in [0.717, 1.165) is 12.1 Å². The Kier molecular flexibility index (Phi) is 5.68. The smallest absolute Gasteiger partial charge is 0.224 e. The van der Waals surface area contributed by atoms with Crippen LogP contribution in [0.15, 0.2) is 30.7 Å². The number of aromatic nitrogens is 3. The summed E-state index contributed by atoms with van der Waals surface area (Å²) in [5.41, 5.74) is 7.93. The predicted molar refractivity (Wildman–Crippen MR) is 108 cm³/mol. The molecule has 2 saturated carbocycles. The Labute approximate surface area is 165 Å². The van der Waals surface area contributed by atoms with Crippen molar-refractivity contribution in [3.05, 3.63) is 41.9 Å². The molecule has 28 heavy (non-hydrogen) atoms. The maximum Gasteiger partial charge on any atom is 0.224 e. The van der Waals surface area contributed by atoms with Crippen LogP contribution in [0, 0.1) is 29.1 Å². The first-order chi connectivity index (χ1) is 13.7. The number of anilines is 2. The van der Waals surface area contributed by atoms with Crippen molar-refractivity contribution in [2.45, 2.75) is 44.7 Å². The van der Waals surface area contributed by atoms with Gasteiger partial charge in [-0.1, -0.05) is 12.5 Å². The highest BCUT2D eigenvalue weighted by molar-refractivity contribution is 5.53. The average molecular weight is 377 g/mol. The minimum atomic E-state index is 0.377. The third-order valence-electron chi connectivity index (χ3n) is 6.15. The Morgan fingerprint density at radius 3 is 2.71 bits per heavy atom. The summed E-state index contributed by atoms with van der Waals surface area (Å²) in [6, 6.07) is 6.45. The second-order valence-electron chi connectivity index (χ2n) is 8.03. The molecule has 2 fully saturated rings. The van der Waals surface area contributed by atoms with Crippen LogP contribution < -0.4 is 16.4 Å². The maximum absolute atomic E-state index is 9.41. The summed E-state index contributed by atoms with van der Waals surface area (Å²) >= 11 is 0. The van der Waals surface area contributed by atoms with Crippen molar-refractivity contribution in [1.29, 1.82) is 5.26 Å². The number of hydrogen-bond donors (Lipinski definition) is 3. The second-order valence-corrected chi connectivity index (χ2v) is 8.03. The molecule has 0 spiro atoms. The topological polar surface area (TPSA) is 113 Å². The summed E-state index contributed by atoms with van der Waals surface area (Å²) in [6.45, 7) is 1.41. The van der Waals surface area contributed by atoms with Gasteiger partial charge in [0.1, 0.15) is 17.5 Å². The first kappa shape index (κ1) is 18.6. The molecule has 0 amide bonds. The number of fused-ring (bicyclic) bond motifs is 2. The number of hydrogen-bond acceptors (Lipinski definition) is 7. The SMILES string of the molecule is N#Cc1cnc(NCc2cccnc2)nc1NCC1CC2CCC[C@H](C1)C2N. The predicted octanol–water partition coefficient (Wildman–Crippen LogP) is 2.92. The normalized spacial score (nSPS) is 26.3. The Hall–Kier alpha value is -2.72. The Morgan fingerprint density at radius 1 is 1.18 bits per heavy atom. The van der Waals surface area contributed by atoms with Gasteiger partial charge in [0.25, 0.3) is 0 Å². The van der Waals surface area contributed by atoms with E-state index in [1.165, 1.54) is 32.1 Å². The molecule has 3 unspecified atom stereocenters. The fraction of sp³-hybridized carbons (Fsp3) is 0.524. The van der Waals surface area contributed by atoms with E-state index >= 15 is 0 Å². The van der Waals surface area contributed by atoms with Gasteiger partial charge in [0.15, 0.2) is 0 Å². The van der Waals surface area contributed by atoms with Crippen LogP contribution in [-0.2, 0) is 6.54 Å².